The molecule has 0 saturated heterocycles. The molecule has 2 aromatic heterocycles. The first-order valence-corrected chi connectivity index (χ1v) is 3.76. The molecule has 3 nitrogen and oxygen atoms in total. The first-order valence-electron chi connectivity index (χ1n) is 3.76. The fourth-order valence-corrected chi connectivity index (χ4v) is 0.987. The predicted molar refractivity (Wildman–Crippen MR) is 48.3 cm³/mol. The summed E-state index contributed by atoms with van der Waals surface area (Å²) in [6.45, 7) is 0. The number of nitrogens with zero attached hydrogens (tertiary/aromatic N) is 1. The lowest BCUT2D eigenvalue weighted by atomic mass is 10.3. The highest BCUT2D eigenvalue weighted by atomic mass is 15.1. The van der Waals surface area contributed by atoms with E-state index in [4.69, 9.17) is 0 Å². The molecule has 12 heavy (non-hydrogen) atoms. The zero-order valence-corrected chi connectivity index (χ0v) is 6.49. The Bertz CT molecular complexity index is 307. The van der Waals surface area contributed by atoms with Gasteiger partial charge in [0.25, 0.3) is 0 Å². The molecule has 0 bridgehead atoms. The van der Waals surface area contributed by atoms with Crippen molar-refractivity contribution in [3.63, 3.8) is 0 Å². The van der Waals surface area contributed by atoms with Crippen molar-refractivity contribution in [1.82, 2.24) is 15.2 Å². The average Bonchev–Trinajstić information content (AvgIpc) is 2.74. The van der Waals surface area contributed by atoms with E-state index in [-0.39, 0.29) is 0 Å². The molecule has 2 aromatic rings. The third-order valence-electron chi connectivity index (χ3n) is 1.59. The number of aromatic nitrogens is 3. The summed E-state index contributed by atoms with van der Waals surface area (Å²) in [5, 5.41) is 6.74. The Labute approximate surface area is 70.1 Å². The van der Waals surface area contributed by atoms with E-state index in [1.807, 2.05) is 36.7 Å². The fraction of sp³-hybridized carbons (Fsp3) is 0. The van der Waals surface area contributed by atoms with Gasteiger partial charge in [-0.3, -0.25) is 5.10 Å². The zero-order chi connectivity index (χ0) is 8.23. The molecule has 2 heterocycles. The lowest BCUT2D eigenvalue weighted by molar-refractivity contribution is 1.08. The highest BCUT2D eigenvalue weighted by Crippen LogP contribution is 2.03. The molecule has 0 fully saturated rings. The van der Waals surface area contributed by atoms with Gasteiger partial charge in [-0.25, -0.2) is 0 Å². The largest absolute Gasteiger partial charge is 0.367 e. The standard InChI is InChI=1S/C9H9N3/c1(8-3-5-10-7-8)2-9-4-6-11-12-9/h1-7,10H,(H,11,12). The molecular weight excluding hydrogens is 150 g/mol. The van der Waals surface area contributed by atoms with Gasteiger partial charge < -0.3 is 4.98 Å². The first kappa shape index (κ1) is 6.91. The van der Waals surface area contributed by atoms with Crippen LogP contribution in [-0.4, -0.2) is 15.2 Å². The van der Waals surface area contributed by atoms with Crippen LogP contribution in [0.5, 0.6) is 0 Å². The number of H-pyrrole nitrogens is 2. The SMILES string of the molecule is C(=Cc1cc[nH]n1)c1cc[nH]c1. The highest BCUT2D eigenvalue weighted by molar-refractivity contribution is 5.67. The molecule has 0 aromatic carbocycles. The van der Waals surface area contributed by atoms with Crippen LogP contribution in [0.3, 0.4) is 0 Å². The van der Waals surface area contributed by atoms with Crippen LogP contribution in [0.15, 0.2) is 30.7 Å². The predicted octanol–water partition coefficient (Wildman–Crippen LogP) is 1.91. The number of hydrogen-bond donors (Lipinski definition) is 2. The quantitative estimate of drug-likeness (QED) is 0.690. The molecule has 0 radical (unpaired) electrons. The van der Waals surface area contributed by atoms with Gasteiger partial charge >= 0.3 is 0 Å². The summed E-state index contributed by atoms with van der Waals surface area (Å²) < 4.78 is 0. The Morgan fingerprint density at radius 2 is 2.17 bits per heavy atom. The maximum atomic E-state index is 3.99. The van der Waals surface area contributed by atoms with E-state index in [0.717, 1.165) is 11.3 Å². The van der Waals surface area contributed by atoms with Gasteiger partial charge in [0, 0.05) is 18.6 Å². The Balaban J connectivity index is 2.14. The number of aromatic amines is 2. The van der Waals surface area contributed by atoms with Crippen LogP contribution in [-0.2, 0) is 0 Å². The summed E-state index contributed by atoms with van der Waals surface area (Å²) in [5.41, 5.74) is 2.09. The Kier molecular flexibility index (Phi) is 1.78. The van der Waals surface area contributed by atoms with E-state index < -0.39 is 0 Å². The van der Waals surface area contributed by atoms with E-state index in [0.29, 0.717) is 0 Å². The second-order valence-corrected chi connectivity index (χ2v) is 2.48. The molecule has 60 valence electrons. The fourth-order valence-electron chi connectivity index (χ4n) is 0.987. The van der Waals surface area contributed by atoms with Gasteiger partial charge in [0.05, 0.1) is 5.69 Å². The molecule has 0 atom stereocenters. The number of rotatable bonds is 2. The van der Waals surface area contributed by atoms with Crippen molar-refractivity contribution in [2.24, 2.45) is 0 Å². The van der Waals surface area contributed by atoms with Crippen LogP contribution in [0.4, 0.5) is 0 Å². The summed E-state index contributed by atoms with van der Waals surface area (Å²) in [5.74, 6) is 0. The van der Waals surface area contributed by atoms with E-state index in [1.54, 1.807) is 6.20 Å². The summed E-state index contributed by atoms with van der Waals surface area (Å²) in [6, 6.07) is 3.92. The molecule has 0 unspecified atom stereocenters. The minimum atomic E-state index is 0.941. The molecule has 0 aliphatic heterocycles. The first-order chi connectivity index (χ1) is 5.95. The molecular formula is C9H9N3. The minimum absolute atomic E-state index is 0.941. The van der Waals surface area contributed by atoms with Crippen molar-refractivity contribution >= 4 is 12.2 Å². The molecule has 0 aliphatic carbocycles. The van der Waals surface area contributed by atoms with Crippen LogP contribution >= 0.6 is 0 Å². The zero-order valence-electron chi connectivity index (χ0n) is 6.49. The van der Waals surface area contributed by atoms with Crippen LogP contribution < -0.4 is 0 Å². The average molecular weight is 159 g/mol. The number of hydrogen-bond acceptors (Lipinski definition) is 1. The van der Waals surface area contributed by atoms with E-state index >= 15 is 0 Å². The topological polar surface area (TPSA) is 44.5 Å². The summed E-state index contributed by atoms with van der Waals surface area (Å²) in [4.78, 5) is 2.98. The van der Waals surface area contributed by atoms with Crippen LogP contribution in [0.2, 0.25) is 0 Å². The third kappa shape index (κ3) is 1.45. The van der Waals surface area contributed by atoms with Gasteiger partial charge in [0.2, 0.25) is 0 Å². The minimum Gasteiger partial charge on any atom is -0.367 e. The summed E-state index contributed by atoms with van der Waals surface area (Å²) in [6.07, 6.45) is 9.59. The van der Waals surface area contributed by atoms with E-state index in [9.17, 15) is 0 Å². The molecule has 3 heteroatoms. The van der Waals surface area contributed by atoms with Gasteiger partial charge in [-0.05, 0) is 23.8 Å². The third-order valence-corrected chi connectivity index (χ3v) is 1.59. The van der Waals surface area contributed by atoms with E-state index in [2.05, 4.69) is 15.2 Å². The van der Waals surface area contributed by atoms with Crippen molar-refractivity contribution < 1.29 is 0 Å². The molecule has 0 aliphatic rings. The molecule has 2 rings (SSSR count). The molecule has 2 N–H and O–H groups in total. The summed E-state index contributed by atoms with van der Waals surface area (Å²) >= 11 is 0. The normalized spacial score (nSPS) is 11.0. The van der Waals surface area contributed by atoms with Crippen LogP contribution in [0.25, 0.3) is 12.2 Å². The molecule has 0 spiro atoms. The van der Waals surface area contributed by atoms with Crippen LogP contribution in [0, 0.1) is 0 Å². The maximum absolute atomic E-state index is 3.99. The van der Waals surface area contributed by atoms with Gasteiger partial charge in [-0.15, -0.1) is 0 Å². The van der Waals surface area contributed by atoms with Gasteiger partial charge in [-0.1, -0.05) is 6.08 Å². The van der Waals surface area contributed by atoms with Gasteiger partial charge in [-0.2, -0.15) is 5.10 Å². The molecule has 0 amide bonds. The van der Waals surface area contributed by atoms with Crippen molar-refractivity contribution in [3.8, 4) is 0 Å². The second-order valence-electron chi connectivity index (χ2n) is 2.48. The second kappa shape index (κ2) is 3.09. The lowest BCUT2D eigenvalue weighted by Gasteiger charge is -1.81. The van der Waals surface area contributed by atoms with E-state index in [1.165, 1.54) is 0 Å². The van der Waals surface area contributed by atoms with Gasteiger partial charge in [0.1, 0.15) is 0 Å². The lowest BCUT2D eigenvalue weighted by Crippen LogP contribution is -1.69. The Morgan fingerprint density at radius 1 is 1.17 bits per heavy atom. The monoisotopic (exact) mass is 159 g/mol. The summed E-state index contributed by atoms with van der Waals surface area (Å²) in [7, 11) is 0. The smallest absolute Gasteiger partial charge is 0.0848 e. The molecule has 0 saturated carbocycles. The van der Waals surface area contributed by atoms with Crippen LogP contribution in [0.1, 0.15) is 11.3 Å². The maximum Gasteiger partial charge on any atom is 0.0848 e. The van der Waals surface area contributed by atoms with Crippen molar-refractivity contribution in [2.45, 2.75) is 0 Å². The van der Waals surface area contributed by atoms with Crippen molar-refractivity contribution in [3.05, 3.63) is 42.0 Å². The Hall–Kier alpha value is -1.77. The van der Waals surface area contributed by atoms with Crippen molar-refractivity contribution in [1.29, 1.82) is 0 Å². The number of nitrogens with one attached hydrogen (secondary N) is 2. The van der Waals surface area contributed by atoms with Crippen molar-refractivity contribution in [2.75, 3.05) is 0 Å². The highest BCUT2D eigenvalue weighted by Gasteiger charge is 1.87. The Morgan fingerprint density at radius 3 is 2.83 bits per heavy atom. The van der Waals surface area contributed by atoms with Gasteiger partial charge in [0.15, 0.2) is 0 Å².